The van der Waals surface area contributed by atoms with Crippen LogP contribution in [0.4, 0.5) is 21.0 Å². The van der Waals surface area contributed by atoms with Gasteiger partial charge in [-0.15, -0.1) is 0 Å². The fourth-order valence-electron chi connectivity index (χ4n) is 4.87. The topological polar surface area (TPSA) is 138 Å². The molecule has 3 N–H and O–H groups in total. The number of carboxylic acid groups (broad SMARTS) is 2. The second kappa shape index (κ2) is 16.7. The van der Waals surface area contributed by atoms with Gasteiger partial charge in [0.1, 0.15) is 0 Å². The number of piperidine rings is 1. The SMILES string of the molecule is O=C(NC(=O)N1CC[NH+](CCCN(c2ccccc2)c2ccccc2)CC1)N1CCCCC1.O=C([O-])/C=C/C(=O)O. The quantitative estimate of drug-likeness (QED) is 0.408. The first kappa shape index (κ1) is 31.2. The molecule has 2 fully saturated rings. The van der Waals surface area contributed by atoms with Crippen molar-refractivity contribution in [3.63, 3.8) is 0 Å². The van der Waals surface area contributed by atoms with Crippen LogP contribution in [0.25, 0.3) is 0 Å². The number of imide groups is 1. The lowest BCUT2D eigenvalue weighted by molar-refractivity contribution is -0.904. The van der Waals surface area contributed by atoms with Gasteiger partial charge in [-0.05, 0) is 49.6 Å². The molecule has 11 heteroatoms. The number of hydrogen-bond acceptors (Lipinski definition) is 6. The average molecular weight is 566 g/mol. The Morgan fingerprint density at radius 1 is 0.805 bits per heavy atom. The van der Waals surface area contributed by atoms with Crippen LogP contribution in [0.3, 0.4) is 0 Å². The van der Waals surface area contributed by atoms with Gasteiger partial charge in [0.05, 0.1) is 38.7 Å². The highest BCUT2D eigenvalue weighted by Gasteiger charge is 2.26. The Balaban J connectivity index is 0.000000507. The maximum Gasteiger partial charge on any atom is 0.328 e. The van der Waals surface area contributed by atoms with Gasteiger partial charge < -0.3 is 34.6 Å². The van der Waals surface area contributed by atoms with Gasteiger partial charge in [-0.1, -0.05) is 36.4 Å². The van der Waals surface area contributed by atoms with E-state index in [9.17, 15) is 24.3 Å². The van der Waals surface area contributed by atoms with Gasteiger partial charge >= 0.3 is 18.0 Å². The van der Waals surface area contributed by atoms with E-state index in [-0.39, 0.29) is 12.1 Å². The number of carboxylic acids is 2. The number of aliphatic carboxylic acids is 2. The zero-order valence-electron chi connectivity index (χ0n) is 23.2. The van der Waals surface area contributed by atoms with E-state index < -0.39 is 11.9 Å². The van der Waals surface area contributed by atoms with E-state index in [0.717, 1.165) is 65.0 Å². The van der Waals surface area contributed by atoms with Gasteiger partial charge in [0.2, 0.25) is 0 Å². The number of urea groups is 2. The Hall–Kier alpha value is -4.38. The number of nitrogens with zero attached hydrogens (tertiary/aromatic N) is 3. The fraction of sp³-hybridized carbons (Fsp3) is 0.400. The zero-order chi connectivity index (χ0) is 29.5. The number of hydrogen-bond donors (Lipinski definition) is 3. The van der Waals surface area contributed by atoms with Crippen LogP contribution in [0.2, 0.25) is 0 Å². The highest BCUT2D eigenvalue weighted by atomic mass is 16.4. The van der Waals surface area contributed by atoms with Gasteiger partial charge in [0.25, 0.3) is 0 Å². The van der Waals surface area contributed by atoms with Crippen LogP contribution < -0.4 is 20.2 Å². The van der Waals surface area contributed by atoms with Crippen LogP contribution in [0.15, 0.2) is 72.8 Å². The van der Waals surface area contributed by atoms with Crippen molar-refractivity contribution < 1.29 is 34.3 Å². The molecule has 2 aliphatic heterocycles. The molecule has 0 unspecified atom stereocenters. The van der Waals surface area contributed by atoms with Crippen molar-refractivity contribution in [3.8, 4) is 0 Å². The van der Waals surface area contributed by atoms with E-state index in [4.69, 9.17) is 5.11 Å². The minimum absolute atomic E-state index is 0.239. The maximum atomic E-state index is 12.5. The molecule has 2 saturated heterocycles. The molecular formula is C30H39N5O6. The van der Waals surface area contributed by atoms with Crippen molar-refractivity contribution in [1.29, 1.82) is 0 Å². The number of amides is 4. The summed E-state index contributed by atoms with van der Waals surface area (Å²) in [4.78, 5) is 51.2. The third-order valence-corrected chi connectivity index (χ3v) is 7.02. The van der Waals surface area contributed by atoms with Gasteiger partial charge in [-0.3, -0.25) is 5.32 Å². The summed E-state index contributed by atoms with van der Waals surface area (Å²) in [7, 11) is 0. The Morgan fingerprint density at radius 3 is 1.78 bits per heavy atom. The molecule has 4 amide bonds. The summed E-state index contributed by atoms with van der Waals surface area (Å²) in [6.45, 7) is 6.74. The molecule has 4 rings (SSSR count). The Morgan fingerprint density at radius 2 is 1.32 bits per heavy atom. The molecule has 0 radical (unpaired) electrons. The number of rotatable bonds is 8. The number of carbonyl (C=O) groups is 4. The normalized spacial score (nSPS) is 15.5. The molecule has 220 valence electrons. The third kappa shape index (κ3) is 11.0. The van der Waals surface area contributed by atoms with E-state index in [1.807, 2.05) is 12.1 Å². The monoisotopic (exact) mass is 565 g/mol. The summed E-state index contributed by atoms with van der Waals surface area (Å²) in [6.07, 6.45) is 5.22. The Kier molecular flexibility index (Phi) is 12.7. The number of para-hydroxylation sites is 2. The van der Waals surface area contributed by atoms with Crippen molar-refractivity contribution in [1.82, 2.24) is 15.1 Å². The number of quaternary nitrogens is 1. The van der Waals surface area contributed by atoms with Gasteiger partial charge in [0.15, 0.2) is 0 Å². The molecule has 2 aliphatic rings. The highest BCUT2D eigenvalue weighted by Crippen LogP contribution is 2.24. The second-order valence-electron chi connectivity index (χ2n) is 9.94. The van der Waals surface area contributed by atoms with Gasteiger partial charge in [0, 0.05) is 43.5 Å². The lowest BCUT2D eigenvalue weighted by atomic mass is 10.1. The van der Waals surface area contributed by atoms with Crippen LogP contribution in [0.5, 0.6) is 0 Å². The molecule has 41 heavy (non-hydrogen) atoms. The number of nitrogens with one attached hydrogen (secondary N) is 2. The molecule has 0 atom stereocenters. The predicted octanol–water partition coefficient (Wildman–Crippen LogP) is 1.11. The molecule has 0 aliphatic carbocycles. The van der Waals surface area contributed by atoms with E-state index in [0.29, 0.717) is 25.2 Å². The molecule has 0 saturated carbocycles. The summed E-state index contributed by atoms with van der Waals surface area (Å²) < 4.78 is 0. The first-order valence-electron chi connectivity index (χ1n) is 14.0. The van der Waals surface area contributed by atoms with Crippen LogP contribution >= 0.6 is 0 Å². The minimum atomic E-state index is -1.51. The van der Waals surface area contributed by atoms with Gasteiger partial charge in [-0.25, -0.2) is 14.4 Å². The van der Waals surface area contributed by atoms with Crippen LogP contribution in [0, 0.1) is 0 Å². The van der Waals surface area contributed by atoms with Crippen molar-refractivity contribution in [2.24, 2.45) is 0 Å². The molecule has 2 heterocycles. The Bertz CT molecular complexity index is 1090. The molecule has 2 aromatic rings. The summed E-state index contributed by atoms with van der Waals surface area (Å²) >= 11 is 0. The number of carbonyl (C=O) groups excluding carboxylic acids is 3. The summed E-state index contributed by atoms with van der Waals surface area (Å²) in [5.41, 5.74) is 2.41. The van der Waals surface area contributed by atoms with E-state index >= 15 is 0 Å². The average Bonchev–Trinajstić information content (AvgIpc) is 3.00. The lowest BCUT2D eigenvalue weighted by Crippen LogP contribution is -3.15. The van der Waals surface area contributed by atoms with Crippen molar-refractivity contribution in [2.45, 2.75) is 25.7 Å². The smallest absolute Gasteiger partial charge is 0.328 e. The van der Waals surface area contributed by atoms with Crippen molar-refractivity contribution in [2.75, 3.05) is 57.3 Å². The molecular weight excluding hydrogens is 526 g/mol. The lowest BCUT2D eigenvalue weighted by Gasteiger charge is -2.33. The molecule has 2 aromatic carbocycles. The summed E-state index contributed by atoms with van der Waals surface area (Å²) in [6, 6.07) is 20.6. The van der Waals surface area contributed by atoms with Gasteiger partial charge in [-0.2, -0.15) is 0 Å². The summed E-state index contributed by atoms with van der Waals surface area (Å²) in [5.74, 6) is -2.80. The van der Waals surface area contributed by atoms with E-state index in [1.165, 1.54) is 16.3 Å². The third-order valence-electron chi connectivity index (χ3n) is 7.02. The standard InChI is InChI=1S/C26H35N5O2.C4H4O4/c32-25(29-16-8-3-9-17-29)27-26(33)30-21-19-28(20-22-30)15-10-18-31(23-11-4-1-5-12-23)24-13-6-2-7-14-24;5-3(6)1-2-4(7)8/h1-2,4-7,11-14H,3,8-10,15-22H2,(H,27,32,33);1-2H,(H,5,6)(H,7,8)/b;2-1+. The number of benzene rings is 2. The predicted molar refractivity (Wildman–Crippen MR) is 153 cm³/mol. The van der Waals surface area contributed by atoms with Crippen molar-refractivity contribution >= 4 is 35.4 Å². The van der Waals surface area contributed by atoms with Crippen LogP contribution in [-0.4, -0.2) is 91.3 Å². The van der Waals surface area contributed by atoms with Crippen LogP contribution in [-0.2, 0) is 9.59 Å². The highest BCUT2D eigenvalue weighted by molar-refractivity contribution is 5.93. The van der Waals surface area contributed by atoms with Crippen LogP contribution in [0.1, 0.15) is 25.7 Å². The number of likely N-dealkylation sites (tertiary alicyclic amines) is 1. The van der Waals surface area contributed by atoms with E-state index in [2.05, 4.69) is 58.7 Å². The number of piperazine rings is 1. The minimum Gasteiger partial charge on any atom is -0.545 e. The fourth-order valence-corrected chi connectivity index (χ4v) is 4.87. The molecule has 0 spiro atoms. The summed E-state index contributed by atoms with van der Waals surface area (Å²) in [5, 5.41) is 19.8. The number of anilines is 2. The zero-order valence-corrected chi connectivity index (χ0v) is 23.2. The van der Waals surface area contributed by atoms with Crippen molar-refractivity contribution in [3.05, 3.63) is 72.8 Å². The Labute approximate surface area is 240 Å². The molecule has 0 bridgehead atoms. The first-order valence-corrected chi connectivity index (χ1v) is 14.0. The molecule has 11 nitrogen and oxygen atoms in total. The second-order valence-corrected chi connectivity index (χ2v) is 9.94. The van der Waals surface area contributed by atoms with E-state index in [1.54, 1.807) is 9.80 Å². The molecule has 0 aromatic heterocycles. The largest absolute Gasteiger partial charge is 0.545 e. The maximum absolute atomic E-state index is 12.5. The first-order chi connectivity index (χ1) is 19.8.